The molecule has 0 spiro atoms. The lowest BCUT2D eigenvalue weighted by Crippen LogP contribution is -2.11. The molecule has 1 unspecified atom stereocenters. The molecule has 1 aromatic carbocycles. The van der Waals surface area contributed by atoms with Crippen LogP contribution in [0.4, 0.5) is 4.79 Å². The van der Waals surface area contributed by atoms with Crippen LogP contribution in [0, 0.1) is 0 Å². The summed E-state index contributed by atoms with van der Waals surface area (Å²) in [5.74, 6) is 2.27. The largest absolute Gasteiger partial charge is 0.513 e. The third-order valence-corrected chi connectivity index (χ3v) is 6.65. The molecular formula is C19H22O6S2. The second kappa shape index (κ2) is 9.66. The van der Waals surface area contributed by atoms with E-state index in [0.717, 1.165) is 5.75 Å². The quantitative estimate of drug-likeness (QED) is 0.199. The van der Waals surface area contributed by atoms with E-state index in [1.165, 1.54) is 12.2 Å². The number of sulfone groups is 1. The van der Waals surface area contributed by atoms with E-state index in [1.807, 2.05) is 0 Å². The van der Waals surface area contributed by atoms with Gasteiger partial charge in [0.15, 0.2) is 9.84 Å². The molecule has 27 heavy (non-hydrogen) atoms. The predicted octanol–water partition coefficient (Wildman–Crippen LogP) is 4.10. The Balaban J connectivity index is 2.00. The lowest BCUT2D eigenvalue weighted by molar-refractivity contribution is 0.104. The summed E-state index contributed by atoms with van der Waals surface area (Å²) in [6.07, 6.45) is 3.78. The summed E-state index contributed by atoms with van der Waals surface area (Å²) < 4.78 is 39.7. The van der Waals surface area contributed by atoms with Crippen LogP contribution in [0.5, 0.6) is 11.5 Å². The molecule has 0 N–H and O–H groups in total. The predicted molar refractivity (Wildman–Crippen MR) is 107 cm³/mol. The van der Waals surface area contributed by atoms with Gasteiger partial charge in [0, 0.05) is 15.9 Å². The van der Waals surface area contributed by atoms with Crippen molar-refractivity contribution in [2.45, 2.75) is 19.1 Å². The summed E-state index contributed by atoms with van der Waals surface area (Å²) in [7, 11) is -3.25. The van der Waals surface area contributed by atoms with Crippen LogP contribution in [0.15, 0.2) is 59.7 Å². The summed E-state index contributed by atoms with van der Waals surface area (Å²) in [4.78, 5) is 11.6. The summed E-state index contributed by atoms with van der Waals surface area (Å²) in [6, 6.07) is 6.35. The van der Waals surface area contributed by atoms with Crippen LogP contribution < -0.4 is 9.47 Å². The van der Waals surface area contributed by atoms with Gasteiger partial charge in [-0.3, -0.25) is 0 Å². The average Bonchev–Trinajstić information content (AvgIpc) is 3.43. The molecule has 1 heterocycles. The van der Waals surface area contributed by atoms with Crippen molar-refractivity contribution in [1.82, 2.24) is 0 Å². The molecule has 146 valence electrons. The van der Waals surface area contributed by atoms with E-state index in [2.05, 4.69) is 6.58 Å². The van der Waals surface area contributed by atoms with E-state index in [9.17, 15) is 13.2 Å². The molecule has 2 rings (SSSR count). The standard InChI is InChI=1S/C19H22O6S2/c1-4-15(7-6-14(3)27(21,22)13-18-12-26-18)24-16-8-10-17(11-9-16)25-19(20)23-5-2/h4,6-11,18H,1,5,12-13H2,2-3H3/b14-6+,15-7+. The molecule has 1 aliphatic rings. The second-order valence-electron chi connectivity index (χ2n) is 5.65. The highest BCUT2D eigenvalue weighted by Gasteiger charge is 2.29. The van der Waals surface area contributed by atoms with Crippen LogP contribution in [-0.2, 0) is 14.6 Å². The number of ether oxygens (including phenoxy) is 3. The van der Waals surface area contributed by atoms with Gasteiger partial charge in [-0.15, -0.1) is 0 Å². The molecule has 1 aromatic rings. The van der Waals surface area contributed by atoms with E-state index in [-0.39, 0.29) is 22.5 Å². The lowest BCUT2D eigenvalue weighted by atomic mass is 10.3. The SMILES string of the molecule is C=C/C(=C\C=C(/C)S(=O)(=O)CC1CS1)Oc1ccc(OC(=O)OCC)cc1. The van der Waals surface area contributed by atoms with E-state index in [1.54, 1.807) is 56.0 Å². The van der Waals surface area contributed by atoms with Crippen molar-refractivity contribution < 1.29 is 27.4 Å². The summed E-state index contributed by atoms with van der Waals surface area (Å²) in [6.45, 7) is 7.16. The Kier molecular flexibility index (Phi) is 7.55. The first-order valence-electron chi connectivity index (χ1n) is 8.32. The van der Waals surface area contributed by atoms with E-state index in [4.69, 9.17) is 14.2 Å². The van der Waals surface area contributed by atoms with Gasteiger partial charge in [-0.1, -0.05) is 6.58 Å². The Morgan fingerprint density at radius 3 is 2.33 bits per heavy atom. The number of thioether (sulfide) groups is 1. The van der Waals surface area contributed by atoms with Crippen molar-refractivity contribution in [3.8, 4) is 11.5 Å². The van der Waals surface area contributed by atoms with E-state index >= 15 is 0 Å². The maximum Gasteiger partial charge on any atom is 0.513 e. The Bertz CT molecular complexity index is 833. The number of carbonyl (C=O) groups is 1. The molecule has 0 aliphatic carbocycles. The zero-order chi connectivity index (χ0) is 19.9. The number of hydrogen-bond donors (Lipinski definition) is 0. The second-order valence-corrected chi connectivity index (χ2v) is 9.19. The third kappa shape index (κ3) is 7.15. The molecule has 0 amide bonds. The van der Waals surface area contributed by atoms with Crippen LogP contribution in [-0.4, -0.2) is 37.9 Å². The van der Waals surface area contributed by atoms with Gasteiger partial charge in [-0.2, -0.15) is 11.8 Å². The molecule has 0 aromatic heterocycles. The van der Waals surface area contributed by atoms with Gasteiger partial charge in [0.1, 0.15) is 17.3 Å². The minimum atomic E-state index is -3.25. The molecule has 0 saturated carbocycles. The molecule has 8 heteroatoms. The van der Waals surface area contributed by atoms with Crippen LogP contribution in [0.3, 0.4) is 0 Å². The number of hydrogen-bond acceptors (Lipinski definition) is 7. The maximum absolute atomic E-state index is 12.2. The van der Waals surface area contributed by atoms with Crippen LogP contribution in [0.25, 0.3) is 0 Å². The molecule has 0 radical (unpaired) electrons. The molecule has 0 bridgehead atoms. The molecule has 1 fully saturated rings. The monoisotopic (exact) mass is 410 g/mol. The van der Waals surface area contributed by atoms with Crippen molar-refractivity contribution in [2.75, 3.05) is 18.1 Å². The zero-order valence-corrected chi connectivity index (χ0v) is 16.8. The molecule has 1 atom stereocenters. The minimum absolute atomic E-state index is 0.167. The topological polar surface area (TPSA) is 78.9 Å². The molecular weight excluding hydrogens is 388 g/mol. The number of rotatable bonds is 9. The highest BCUT2D eigenvalue weighted by atomic mass is 32.2. The minimum Gasteiger partial charge on any atom is -0.457 e. The average molecular weight is 411 g/mol. The van der Waals surface area contributed by atoms with Gasteiger partial charge in [0.2, 0.25) is 0 Å². The number of benzene rings is 1. The van der Waals surface area contributed by atoms with Crippen molar-refractivity contribution in [2.24, 2.45) is 0 Å². The summed E-state index contributed by atoms with van der Waals surface area (Å²) in [5.41, 5.74) is 0. The van der Waals surface area contributed by atoms with Crippen LogP contribution in [0.2, 0.25) is 0 Å². The van der Waals surface area contributed by atoms with Gasteiger partial charge in [-0.25, -0.2) is 13.2 Å². The summed E-state index contributed by atoms with van der Waals surface area (Å²) in [5, 5.41) is 0.216. The first-order valence-corrected chi connectivity index (χ1v) is 11.0. The molecule has 1 aliphatic heterocycles. The first-order chi connectivity index (χ1) is 12.8. The first kappa shape index (κ1) is 21.1. The Labute approximate surface area is 163 Å². The smallest absolute Gasteiger partial charge is 0.457 e. The van der Waals surface area contributed by atoms with E-state index in [0.29, 0.717) is 17.3 Å². The van der Waals surface area contributed by atoms with E-state index < -0.39 is 16.0 Å². The fourth-order valence-electron chi connectivity index (χ4n) is 1.94. The normalized spacial score (nSPS) is 17.2. The highest BCUT2D eigenvalue weighted by Crippen LogP contribution is 2.32. The van der Waals surface area contributed by atoms with Crippen molar-refractivity contribution in [3.63, 3.8) is 0 Å². The highest BCUT2D eigenvalue weighted by molar-refractivity contribution is 8.08. The van der Waals surface area contributed by atoms with Gasteiger partial charge >= 0.3 is 6.16 Å². The zero-order valence-electron chi connectivity index (χ0n) is 15.2. The molecule has 1 saturated heterocycles. The van der Waals surface area contributed by atoms with Crippen LogP contribution in [0.1, 0.15) is 13.8 Å². The fourth-order valence-corrected chi connectivity index (χ4v) is 4.41. The van der Waals surface area contributed by atoms with Gasteiger partial charge < -0.3 is 14.2 Å². The third-order valence-electron chi connectivity index (χ3n) is 3.50. The Morgan fingerprint density at radius 1 is 1.22 bits per heavy atom. The number of carbonyl (C=O) groups excluding carboxylic acids is 1. The number of allylic oxidation sites excluding steroid dienone is 4. The Morgan fingerprint density at radius 2 is 1.81 bits per heavy atom. The van der Waals surface area contributed by atoms with Gasteiger partial charge in [0.25, 0.3) is 0 Å². The fraction of sp³-hybridized carbons (Fsp3) is 0.316. The van der Waals surface area contributed by atoms with Crippen molar-refractivity contribution >= 4 is 27.8 Å². The summed E-state index contributed by atoms with van der Waals surface area (Å²) >= 11 is 1.65. The van der Waals surface area contributed by atoms with Gasteiger partial charge in [-0.05, 0) is 56.3 Å². The lowest BCUT2D eigenvalue weighted by Gasteiger charge is -2.08. The Hall–Kier alpha value is -2.19. The van der Waals surface area contributed by atoms with Crippen molar-refractivity contribution in [1.29, 1.82) is 0 Å². The molecule has 6 nitrogen and oxygen atoms in total. The maximum atomic E-state index is 12.2. The van der Waals surface area contributed by atoms with Crippen LogP contribution >= 0.6 is 11.8 Å². The van der Waals surface area contributed by atoms with Gasteiger partial charge in [0.05, 0.1) is 12.4 Å². The van der Waals surface area contributed by atoms with Crippen molar-refractivity contribution in [3.05, 3.63) is 59.7 Å².